The van der Waals surface area contributed by atoms with Crippen LogP contribution in [0.5, 0.6) is 0 Å². The highest BCUT2D eigenvalue weighted by molar-refractivity contribution is 7.12. The third-order valence-electron chi connectivity index (χ3n) is 1.91. The Morgan fingerprint density at radius 3 is 2.88 bits per heavy atom. The van der Waals surface area contributed by atoms with E-state index in [1.807, 2.05) is 0 Å². The summed E-state index contributed by atoms with van der Waals surface area (Å²) < 4.78 is 0. The maximum Gasteiger partial charge on any atom is 0.304 e. The lowest BCUT2D eigenvalue weighted by molar-refractivity contribution is 0.0955. The monoisotopic (exact) mass is 255 g/mol. The highest BCUT2D eigenvalue weighted by atomic mass is 32.1. The van der Waals surface area contributed by atoms with Gasteiger partial charge in [0.05, 0.1) is 12.2 Å². The van der Waals surface area contributed by atoms with Gasteiger partial charge in [-0.3, -0.25) is 9.59 Å². The van der Waals surface area contributed by atoms with Gasteiger partial charge in [-0.1, -0.05) is 11.3 Å². The minimum atomic E-state index is -0.223. The summed E-state index contributed by atoms with van der Waals surface area (Å²) in [4.78, 5) is 25.5. The van der Waals surface area contributed by atoms with Gasteiger partial charge in [-0.15, -0.1) is 11.3 Å². The zero-order valence-corrected chi connectivity index (χ0v) is 9.78. The number of hydrogen-bond acceptors (Lipinski definition) is 5. The van der Waals surface area contributed by atoms with Crippen LogP contribution in [0.2, 0.25) is 0 Å². The molecule has 0 unspecified atom stereocenters. The Morgan fingerprint density at radius 2 is 2.31 bits per heavy atom. The Bertz CT molecular complexity index is 555. The predicted octanol–water partition coefficient (Wildman–Crippen LogP) is 1.01. The molecule has 2 rings (SSSR count). The number of nitrogen functional groups attached to an aromatic ring is 1. The first-order valence-corrected chi connectivity index (χ1v) is 6.20. The van der Waals surface area contributed by atoms with Gasteiger partial charge in [-0.25, -0.2) is 0 Å². The van der Waals surface area contributed by atoms with Gasteiger partial charge < -0.3 is 16.0 Å². The Kier molecular flexibility index (Phi) is 3.07. The topological polar surface area (TPSA) is 88.0 Å². The van der Waals surface area contributed by atoms with Crippen molar-refractivity contribution in [3.05, 3.63) is 37.1 Å². The maximum atomic E-state index is 11.6. The number of hydrogen-bond donors (Lipinski definition) is 3. The van der Waals surface area contributed by atoms with Gasteiger partial charge >= 0.3 is 4.87 Å². The Labute approximate surface area is 98.9 Å². The summed E-state index contributed by atoms with van der Waals surface area (Å²) in [5, 5.41) is 6.13. The largest absolute Gasteiger partial charge is 0.397 e. The molecule has 0 saturated heterocycles. The van der Waals surface area contributed by atoms with Gasteiger partial charge in [0.25, 0.3) is 5.91 Å². The van der Waals surface area contributed by atoms with Gasteiger partial charge in [0.2, 0.25) is 0 Å². The highest BCUT2D eigenvalue weighted by Crippen LogP contribution is 2.18. The number of carbonyl (C=O) groups excluding carboxylic acids is 1. The molecule has 0 saturated carbocycles. The van der Waals surface area contributed by atoms with Crippen molar-refractivity contribution in [1.29, 1.82) is 0 Å². The molecule has 5 nitrogen and oxygen atoms in total. The third kappa shape index (κ3) is 2.31. The molecule has 0 atom stereocenters. The van der Waals surface area contributed by atoms with Crippen LogP contribution in [0.4, 0.5) is 5.69 Å². The zero-order chi connectivity index (χ0) is 11.5. The number of thiazole rings is 1. The van der Waals surface area contributed by atoms with E-state index in [4.69, 9.17) is 5.73 Å². The molecule has 4 N–H and O–H groups in total. The molecule has 0 fully saturated rings. The predicted molar refractivity (Wildman–Crippen MR) is 64.8 cm³/mol. The Balaban J connectivity index is 1.99. The van der Waals surface area contributed by atoms with Crippen LogP contribution in [-0.2, 0) is 6.54 Å². The van der Waals surface area contributed by atoms with Crippen LogP contribution in [-0.4, -0.2) is 10.9 Å². The number of nitrogens with one attached hydrogen (secondary N) is 2. The van der Waals surface area contributed by atoms with Crippen LogP contribution in [0.1, 0.15) is 15.4 Å². The molecule has 1 amide bonds. The molecule has 0 bridgehead atoms. The number of thiophene rings is 1. The Hall–Kier alpha value is -1.60. The lowest BCUT2D eigenvalue weighted by atomic mass is 10.3. The molecular formula is C9H9N3O2S2. The number of amides is 1. The van der Waals surface area contributed by atoms with Gasteiger partial charge in [-0.05, 0) is 11.4 Å². The second kappa shape index (κ2) is 4.50. The van der Waals surface area contributed by atoms with E-state index in [0.717, 1.165) is 11.3 Å². The number of rotatable bonds is 3. The highest BCUT2D eigenvalue weighted by Gasteiger charge is 2.10. The van der Waals surface area contributed by atoms with Crippen molar-refractivity contribution in [2.24, 2.45) is 0 Å². The van der Waals surface area contributed by atoms with Crippen LogP contribution in [0, 0.1) is 0 Å². The zero-order valence-electron chi connectivity index (χ0n) is 8.15. The molecule has 0 spiro atoms. The fourth-order valence-electron chi connectivity index (χ4n) is 1.16. The van der Waals surface area contributed by atoms with E-state index in [2.05, 4.69) is 10.3 Å². The van der Waals surface area contributed by atoms with E-state index in [0.29, 0.717) is 22.8 Å². The molecule has 0 aromatic carbocycles. The number of carbonyl (C=O) groups is 1. The normalized spacial score (nSPS) is 10.2. The molecule has 7 heteroatoms. The lowest BCUT2D eigenvalue weighted by Crippen LogP contribution is -2.23. The smallest absolute Gasteiger partial charge is 0.304 e. The summed E-state index contributed by atoms with van der Waals surface area (Å²) in [6.07, 6.45) is 0. The van der Waals surface area contributed by atoms with E-state index in [1.54, 1.807) is 16.8 Å². The van der Waals surface area contributed by atoms with Crippen molar-refractivity contribution in [3.8, 4) is 0 Å². The molecule has 16 heavy (non-hydrogen) atoms. The van der Waals surface area contributed by atoms with Crippen LogP contribution >= 0.6 is 22.7 Å². The van der Waals surface area contributed by atoms with Crippen LogP contribution in [0.25, 0.3) is 0 Å². The number of H-pyrrole nitrogens is 1. The first-order chi connectivity index (χ1) is 7.66. The van der Waals surface area contributed by atoms with Gasteiger partial charge in [0.1, 0.15) is 4.88 Å². The second-order valence-electron chi connectivity index (χ2n) is 3.06. The number of nitrogens with two attached hydrogens (primary N) is 1. The Morgan fingerprint density at radius 1 is 1.50 bits per heavy atom. The fraction of sp³-hybridized carbons (Fsp3) is 0.111. The maximum absolute atomic E-state index is 11.6. The van der Waals surface area contributed by atoms with Crippen molar-refractivity contribution < 1.29 is 4.79 Å². The molecule has 2 aromatic rings. The fourth-order valence-corrected chi connectivity index (χ4v) is 2.48. The summed E-state index contributed by atoms with van der Waals surface area (Å²) >= 11 is 2.36. The van der Waals surface area contributed by atoms with E-state index in [1.165, 1.54) is 11.3 Å². The third-order valence-corrected chi connectivity index (χ3v) is 3.56. The van der Waals surface area contributed by atoms with Crippen molar-refractivity contribution in [1.82, 2.24) is 10.3 Å². The number of anilines is 1. The summed E-state index contributed by atoms with van der Waals surface area (Å²) in [6.45, 7) is 0.301. The van der Waals surface area contributed by atoms with E-state index < -0.39 is 0 Å². The summed E-state index contributed by atoms with van der Waals surface area (Å²) in [5.41, 5.74) is 6.77. The van der Waals surface area contributed by atoms with Crippen molar-refractivity contribution >= 4 is 34.3 Å². The van der Waals surface area contributed by atoms with Crippen LogP contribution < -0.4 is 15.9 Å². The van der Waals surface area contributed by atoms with E-state index >= 15 is 0 Å². The quantitative estimate of drug-likeness (QED) is 0.764. The van der Waals surface area contributed by atoms with Crippen molar-refractivity contribution in [2.45, 2.75) is 6.54 Å². The molecule has 84 valence electrons. The molecular weight excluding hydrogens is 246 g/mol. The van der Waals surface area contributed by atoms with Gasteiger partial charge in [-0.2, -0.15) is 0 Å². The number of aromatic amines is 1. The van der Waals surface area contributed by atoms with Crippen molar-refractivity contribution in [2.75, 3.05) is 5.73 Å². The summed E-state index contributed by atoms with van der Waals surface area (Å²) in [5.74, 6) is -0.223. The molecule has 0 radical (unpaired) electrons. The summed E-state index contributed by atoms with van der Waals surface area (Å²) in [7, 11) is 0. The first-order valence-electron chi connectivity index (χ1n) is 4.44. The standard InChI is InChI=1S/C9H9N3O2S2/c10-6-1-2-15-7(6)8(13)11-3-5-4-16-9(14)12-5/h1-2,4H,3,10H2,(H,11,13)(H,12,14). The molecule has 0 aliphatic carbocycles. The first kappa shape index (κ1) is 10.9. The van der Waals surface area contributed by atoms with Crippen LogP contribution in [0.15, 0.2) is 21.6 Å². The van der Waals surface area contributed by atoms with Gasteiger partial charge in [0, 0.05) is 11.1 Å². The lowest BCUT2D eigenvalue weighted by Gasteiger charge is -2.01. The molecule has 0 aliphatic rings. The molecule has 2 aromatic heterocycles. The minimum absolute atomic E-state index is 0.125. The minimum Gasteiger partial charge on any atom is -0.397 e. The second-order valence-corrected chi connectivity index (χ2v) is 4.82. The number of aromatic nitrogens is 1. The van der Waals surface area contributed by atoms with Gasteiger partial charge in [0.15, 0.2) is 0 Å². The summed E-state index contributed by atoms with van der Waals surface area (Å²) in [6, 6.07) is 1.69. The van der Waals surface area contributed by atoms with E-state index in [9.17, 15) is 9.59 Å². The molecule has 0 aliphatic heterocycles. The average molecular weight is 255 g/mol. The SMILES string of the molecule is Nc1ccsc1C(=O)NCc1csc(=O)[nH]1. The average Bonchev–Trinajstić information content (AvgIpc) is 2.84. The van der Waals surface area contributed by atoms with Crippen LogP contribution in [0.3, 0.4) is 0 Å². The van der Waals surface area contributed by atoms with E-state index in [-0.39, 0.29) is 10.8 Å². The van der Waals surface area contributed by atoms with Crippen molar-refractivity contribution in [3.63, 3.8) is 0 Å². The molecule has 2 heterocycles.